The number of alkyl halides is 3. The van der Waals surface area contributed by atoms with Crippen LogP contribution in [0.4, 0.5) is 22.0 Å². The zero-order chi connectivity index (χ0) is 20.9. The first-order chi connectivity index (χ1) is 13.7. The summed E-state index contributed by atoms with van der Waals surface area (Å²) in [7, 11) is 0. The van der Waals surface area contributed by atoms with Crippen LogP contribution >= 0.6 is 0 Å². The van der Waals surface area contributed by atoms with Crippen LogP contribution in [-0.4, -0.2) is 10.5 Å². The maximum atomic E-state index is 14.4. The van der Waals surface area contributed by atoms with Gasteiger partial charge in [0.1, 0.15) is 11.6 Å². The number of aromatic nitrogens is 1. The molecule has 1 amide bonds. The highest BCUT2D eigenvalue weighted by Crippen LogP contribution is 2.36. The van der Waals surface area contributed by atoms with Gasteiger partial charge in [-0.15, -0.1) is 0 Å². The van der Waals surface area contributed by atoms with Gasteiger partial charge in [0, 0.05) is 28.0 Å². The van der Waals surface area contributed by atoms with Crippen LogP contribution in [0.3, 0.4) is 0 Å². The molecule has 147 valence electrons. The van der Waals surface area contributed by atoms with Gasteiger partial charge in [-0.05, 0) is 36.4 Å². The van der Waals surface area contributed by atoms with Crippen LogP contribution in [0, 0.1) is 17.7 Å². The van der Waals surface area contributed by atoms with E-state index in [-0.39, 0.29) is 16.3 Å². The minimum absolute atomic E-state index is 0.0673. The third-order valence-electron chi connectivity index (χ3n) is 4.77. The summed E-state index contributed by atoms with van der Waals surface area (Å²) in [5, 5.41) is 0.429. The lowest BCUT2D eigenvalue weighted by Gasteiger charge is -2.15. The van der Waals surface area contributed by atoms with E-state index in [0.717, 1.165) is 24.3 Å². The summed E-state index contributed by atoms with van der Waals surface area (Å²) in [5.41, 5.74) is 4.42. The monoisotopic (exact) mass is 403 g/mol. The molecule has 0 saturated heterocycles. The fourth-order valence-corrected chi connectivity index (χ4v) is 3.55. The SMILES string of the molecule is NC(=O)c1cccc2c1c1[c]c(F)ccc1n2Cc1c(F)cccc1C(F)(F)F. The number of benzene rings is 3. The van der Waals surface area contributed by atoms with Crippen molar-refractivity contribution in [1.29, 1.82) is 0 Å². The predicted molar refractivity (Wildman–Crippen MR) is 97.3 cm³/mol. The molecule has 0 unspecified atom stereocenters. The number of fused-ring (bicyclic) bond motifs is 3. The summed E-state index contributed by atoms with van der Waals surface area (Å²) in [6, 6.07) is 12.1. The van der Waals surface area contributed by atoms with E-state index in [0.29, 0.717) is 11.0 Å². The minimum Gasteiger partial charge on any atom is -0.366 e. The Balaban J connectivity index is 2.06. The van der Waals surface area contributed by atoms with Crippen LogP contribution in [0.5, 0.6) is 0 Å². The number of carbonyl (C=O) groups excluding carboxylic acids is 1. The highest BCUT2D eigenvalue weighted by atomic mass is 19.4. The van der Waals surface area contributed by atoms with Gasteiger partial charge in [0.2, 0.25) is 5.91 Å². The number of halogens is 5. The molecule has 0 aliphatic rings. The van der Waals surface area contributed by atoms with Crippen molar-refractivity contribution in [3.05, 3.63) is 82.9 Å². The smallest absolute Gasteiger partial charge is 0.366 e. The quantitative estimate of drug-likeness (QED) is 0.479. The van der Waals surface area contributed by atoms with Crippen molar-refractivity contribution in [2.75, 3.05) is 0 Å². The van der Waals surface area contributed by atoms with Crippen molar-refractivity contribution in [3.63, 3.8) is 0 Å². The first-order valence-corrected chi connectivity index (χ1v) is 8.45. The molecule has 0 fully saturated rings. The molecular weight excluding hydrogens is 391 g/mol. The Morgan fingerprint density at radius 1 is 1.00 bits per heavy atom. The minimum atomic E-state index is -4.76. The summed E-state index contributed by atoms with van der Waals surface area (Å²) in [5.74, 6) is -2.51. The number of nitrogens with zero attached hydrogens (tertiary/aromatic N) is 1. The summed E-state index contributed by atoms with van der Waals surface area (Å²) >= 11 is 0. The number of primary amides is 1. The molecule has 0 saturated carbocycles. The first-order valence-electron chi connectivity index (χ1n) is 8.45. The average molecular weight is 403 g/mol. The summed E-state index contributed by atoms with van der Waals surface area (Å²) in [6.45, 7) is -0.483. The Kier molecular flexibility index (Phi) is 4.29. The molecule has 1 radical (unpaired) electrons. The fourth-order valence-electron chi connectivity index (χ4n) is 3.55. The van der Waals surface area contributed by atoms with Crippen molar-refractivity contribution < 1.29 is 26.7 Å². The van der Waals surface area contributed by atoms with Crippen LogP contribution in [-0.2, 0) is 12.7 Å². The standard InChI is InChI=1S/C21H12F5N2O/c22-11-7-8-17-13(9-11)19-12(20(27)29)3-1-6-18(19)28(17)10-14-15(21(24,25)26)4-2-5-16(14)23/h1-8H,10H2,(H2,27,29). The average Bonchev–Trinajstić information content (AvgIpc) is 2.95. The Hall–Kier alpha value is -3.42. The molecule has 1 aromatic heterocycles. The number of carbonyl (C=O) groups is 1. The highest BCUT2D eigenvalue weighted by Gasteiger charge is 2.34. The fraction of sp³-hybridized carbons (Fsp3) is 0.0952. The van der Waals surface area contributed by atoms with Gasteiger partial charge in [-0.3, -0.25) is 4.79 Å². The maximum absolute atomic E-state index is 14.4. The molecule has 2 N–H and O–H groups in total. The largest absolute Gasteiger partial charge is 0.416 e. The summed E-state index contributed by atoms with van der Waals surface area (Å²) in [4.78, 5) is 11.8. The van der Waals surface area contributed by atoms with Crippen molar-refractivity contribution in [2.24, 2.45) is 5.73 Å². The lowest BCUT2D eigenvalue weighted by atomic mass is 10.1. The molecule has 0 atom stereocenters. The predicted octanol–water partition coefficient (Wildman–Crippen LogP) is 5.04. The molecule has 4 rings (SSSR count). The Labute approximate surface area is 161 Å². The van der Waals surface area contributed by atoms with Crippen LogP contribution < -0.4 is 5.73 Å². The van der Waals surface area contributed by atoms with Gasteiger partial charge in [-0.25, -0.2) is 8.78 Å². The van der Waals surface area contributed by atoms with Gasteiger partial charge in [0.15, 0.2) is 0 Å². The Morgan fingerprint density at radius 3 is 2.41 bits per heavy atom. The van der Waals surface area contributed by atoms with E-state index >= 15 is 0 Å². The van der Waals surface area contributed by atoms with Crippen molar-refractivity contribution in [2.45, 2.75) is 12.7 Å². The van der Waals surface area contributed by atoms with Crippen molar-refractivity contribution >= 4 is 27.7 Å². The molecule has 0 spiro atoms. The van der Waals surface area contributed by atoms with E-state index < -0.39 is 41.4 Å². The number of hydrogen-bond acceptors (Lipinski definition) is 1. The van der Waals surface area contributed by atoms with E-state index in [1.54, 1.807) is 6.07 Å². The van der Waals surface area contributed by atoms with E-state index in [9.17, 15) is 26.7 Å². The van der Waals surface area contributed by atoms with Crippen LogP contribution in [0.1, 0.15) is 21.5 Å². The maximum Gasteiger partial charge on any atom is 0.416 e. The second kappa shape index (κ2) is 6.58. The molecule has 0 aliphatic heterocycles. The highest BCUT2D eigenvalue weighted by molar-refractivity contribution is 6.17. The van der Waals surface area contributed by atoms with E-state index in [1.165, 1.54) is 22.8 Å². The van der Waals surface area contributed by atoms with Gasteiger partial charge in [-0.1, -0.05) is 12.1 Å². The third kappa shape index (κ3) is 3.10. The molecule has 0 bridgehead atoms. The lowest BCUT2D eigenvalue weighted by molar-refractivity contribution is -0.138. The first kappa shape index (κ1) is 18.9. The van der Waals surface area contributed by atoms with Gasteiger partial charge in [-0.2, -0.15) is 13.2 Å². The van der Waals surface area contributed by atoms with E-state index in [1.807, 2.05) is 0 Å². The van der Waals surface area contributed by atoms with Gasteiger partial charge >= 0.3 is 6.18 Å². The Morgan fingerprint density at radius 2 is 1.72 bits per heavy atom. The van der Waals surface area contributed by atoms with E-state index in [4.69, 9.17) is 5.73 Å². The molecular formula is C21H12F5N2O. The second-order valence-corrected chi connectivity index (χ2v) is 6.48. The lowest BCUT2D eigenvalue weighted by Crippen LogP contribution is -2.14. The zero-order valence-electron chi connectivity index (χ0n) is 14.6. The van der Waals surface area contributed by atoms with Gasteiger partial charge in [0.25, 0.3) is 0 Å². The molecule has 8 heteroatoms. The molecule has 3 aromatic carbocycles. The zero-order valence-corrected chi connectivity index (χ0v) is 14.6. The molecule has 0 aliphatic carbocycles. The Bertz CT molecular complexity index is 1270. The van der Waals surface area contributed by atoms with Crippen molar-refractivity contribution in [1.82, 2.24) is 4.57 Å². The molecule has 1 heterocycles. The van der Waals surface area contributed by atoms with Crippen LogP contribution in [0.2, 0.25) is 0 Å². The number of amides is 1. The number of nitrogens with two attached hydrogens (primary N) is 1. The summed E-state index contributed by atoms with van der Waals surface area (Å²) in [6.07, 6.45) is -4.76. The van der Waals surface area contributed by atoms with Crippen LogP contribution in [0.15, 0.2) is 48.5 Å². The van der Waals surface area contributed by atoms with Gasteiger partial charge < -0.3 is 10.3 Å². The number of rotatable bonds is 3. The molecule has 3 nitrogen and oxygen atoms in total. The van der Waals surface area contributed by atoms with Gasteiger partial charge in [0.05, 0.1) is 23.1 Å². The third-order valence-corrected chi connectivity index (χ3v) is 4.77. The normalized spacial score (nSPS) is 12.0. The topological polar surface area (TPSA) is 48.0 Å². The number of hydrogen-bond donors (Lipinski definition) is 1. The van der Waals surface area contributed by atoms with Crippen LogP contribution in [0.25, 0.3) is 21.8 Å². The van der Waals surface area contributed by atoms with Crippen molar-refractivity contribution in [3.8, 4) is 0 Å². The van der Waals surface area contributed by atoms with E-state index in [2.05, 4.69) is 6.07 Å². The molecule has 29 heavy (non-hydrogen) atoms. The summed E-state index contributed by atoms with van der Waals surface area (Å²) < 4.78 is 69.9. The molecule has 4 aromatic rings. The second-order valence-electron chi connectivity index (χ2n) is 6.48.